The van der Waals surface area contributed by atoms with Gasteiger partial charge in [-0.1, -0.05) is 43.5 Å². The molecular formula is C33H34F3N5O4. The molecule has 0 saturated heterocycles. The molecule has 9 nitrogen and oxygen atoms in total. The number of halogens is 3. The van der Waals surface area contributed by atoms with E-state index in [0.29, 0.717) is 23.1 Å². The highest BCUT2D eigenvalue weighted by atomic mass is 19.4. The SMILES string of the molecule is N#CCN=C(Nc1ccc(OC(F)(F)F)cc1)N(Cc1ccc(C(=O)NCCC(=O)O)cc1)c1ccc(C2CCCCC2)cc1. The second-order valence-corrected chi connectivity index (χ2v) is 10.6. The van der Waals surface area contributed by atoms with Crippen LogP contribution < -0.4 is 20.3 Å². The summed E-state index contributed by atoms with van der Waals surface area (Å²) in [7, 11) is 0. The van der Waals surface area contributed by atoms with Gasteiger partial charge < -0.3 is 25.4 Å². The minimum absolute atomic E-state index is 0.00818. The van der Waals surface area contributed by atoms with Crippen LogP contribution in [0.15, 0.2) is 77.8 Å². The van der Waals surface area contributed by atoms with E-state index in [9.17, 15) is 28.0 Å². The minimum Gasteiger partial charge on any atom is -0.481 e. The zero-order valence-electron chi connectivity index (χ0n) is 24.5. The number of carbonyl (C=O) groups is 2. The number of aliphatic carboxylic acids is 1. The molecule has 1 aliphatic carbocycles. The molecule has 0 aromatic heterocycles. The number of hydrogen-bond acceptors (Lipinski definition) is 5. The smallest absolute Gasteiger partial charge is 0.481 e. The van der Waals surface area contributed by atoms with E-state index in [1.54, 1.807) is 24.3 Å². The Labute approximate surface area is 259 Å². The molecule has 1 amide bonds. The summed E-state index contributed by atoms with van der Waals surface area (Å²) in [6.07, 6.45) is 0.936. The van der Waals surface area contributed by atoms with Crippen LogP contribution in [0.4, 0.5) is 24.5 Å². The Kier molecular flexibility index (Phi) is 11.4. The summed E-state index contributed by atoms with van der Waals surface area (Å²) in [6.45, 7) is 0.105. The number of hydrogen-bond donors (Lipinski definition) is 3. The van der Waals surface area contributed by atoms with Crippen molar-refractivity contribution in [1.82, 2.24) is 5.32 Å². The molecular weight excluding hydrogens is 587 g/mol. The standard InChI is InChI=1S/C33H34F3N5O4/c34-33(35,36)45-29-16-12-27(13-17-29)40-32(39-21-19-37)41(28-14-10-25(11-15-28)24-4-2-1-3-5-24)22-23-6-8-26(9-7-23)31(44)38-20-18-30(42)43/h6-17,24H,1-5,18,20-22H2,(H,38,44)(H,39,40)(H,42,43). The normalized spacial score (nSPS) is 13.9. The number of benzene rings is 3. The molecule has 12 heteroatoms. The number of anilines is 2. The Hall–Kier alpha value is -5.05. The molecule has 0 radical (unpaired) electrons. The number of rotatable bonds is 11. The number of nitrogens with one attached hydrogen (secondary N) is 2. The van der Waals surface area contributed by atoms with Crippen molar-refractivity contribution in [1.29, 1.82) is 5.26 Å². The van der Waals surface area contributed by atoms with Crippen LogP contribution in [0.3, 0.4) is 0 Å². The second-order valence-electron chi connectivity index (χ2n) is 10.6. The minimum atomic E-state index is -4.82. The summed E-state index contributed by atoms with van der Waals surface area (Å²) < 4.78 is 41.9. The zero-order valence-corrected chi connectivity index (χ0v) is 24.5. The summed E-state index contributed by atoms with van der Waals surface area (Å²) >= 11 is 0. The predicted octanol–water partition coefficient (Wildman–Crippen LogP) is 6.84. The average molecular weight is 622 g/mol. The summed E-state index contributed by atoms with van der Waals surface area (Å²) in [6, 6.07) is 22.2. The zero-order chi connectivity index (χ0) is 32.2. The Morgan fingerprint density at radius 1 is 0.978 bits per heavy atom. The summed E-state index contributed by atoms with van der Waals surface area (Å²) in [5.74, 6) is -0.982. The van der Waals surface area contributed by atoms with Crippen LogP contribution in [-0.4, -0.2) is 42.4 Å². The van der Waals surface area contributed by atoms with Gasteiger partial charge in [0, 0.05) is 23.5 Å². The lowest BCUT2D eigenvalue weighted by Crippen LogP contribution is -2.36. The molecule has 0 heterocycles. The molecule has 3 aromatic rings. The lowest BCUT2D eigenvalue weighted by molar-refractivity contribution is -0.274. The van der Waals surface area contributed by atoms with Crippen LogP contribution >= 0.6 is 0 Å². The fourth-order valence-corrected chi connectivity index (χ4v) is 5.15. The van der Waals surface area contributed by atoms with Gasteiger partial charge in [0.15, 0.2) is 0 Å². The number of nitriles is 1. The molecule has 3 N–H and O–H groups in total. The topological polar surface area (TPSA) is 127 Å². The maximum atomic E-state index is 12.7. The van der Waals surface area contributed by atoms with E-state index >= 15 is 0 Å². The van der Waals surface area contributed by atoms with Crippen molar-refractivity contribution in [2.75, 3.05) is 23.3 Å². The molecule has 1 aliphatic rings. The van der Waals surface area contributed by atoms with Gasteiger partial charge in [-0.15, -0.1) is 13.2 Å². The molecule has 0 spiro atoms. The van der Waals surface area contributed by atoms with Crippen LogP contribution in [0.5, 0.6) is 5.75 Å². The van der Waals surface area contributed by atoms with Gasteiger partial charge in [0.25, 0.3) is 5.91 Å². The largest absolute Gasteiger partial charge is 0.573 e. The molecule has 4 rings (SSSR count). The first-order chi connectivity index (χ1) is 21.6. The number of alkyl halides is 3. The molecule has 1 fully saturated rings. The molecule has 0 atom stereocenters. The monoisotopic (exact) mass is 621 g/mol. The lowest BCUT2D eigenvalue weighted by Gasteiger charge is -2.28. The van der Waals surface area contributed by atoms with Crippen molar-refractivity contribution in [3.63, 3.8) is 0 Å². The quantitative estimate of drug-likeness (QED) is 0.122. The van der Waals surface area contributed by atoms with E-state index in [1.807, 2.05) is 23.1 Å². The Morgan fingerprint density at radius 2 is 1.64 bits per heavy atom. The number of carboxylic acid groups (broad SMARTS) is 1. The summed E-state index contributed by atoms with van der Waals surface area (Å²) in [5, 5.41) is 23.8. The van der Waals surface area contributed by atoms with Crippen molar-refractivity contribution < 1.29 is 32.6 Å². The van der Waals surface area contributed by atoms with Crippen molar-refractivity contribution in [2.24, 2.45) is 4.99 Å². The summed E-state index contributed by atoms with van der Waals surface area (Å²) in [4.78, 5) is 29.5. The fraction of sp³-hybridized carbons (Fsp3) is 0.333. The van der Waals surface area contributed by atoms with E-state index in [1.165, 1.54) is 49.1 Å². The number of amides is 1. The maximum absolute atomic E-state index is 12.7. The van der Waals surface area contributed by atoms with Crippen LogP contribution in [0.25, 0.3) is 0 Å². The Bertz CT molecular complexity index is 1500. The molecule has 0 aliphatic heterocycles. The van der Waals surface area contributed by atoms with Crippen molar-refractivity contribution >= 4 is 29.2 Å². The highest BCUT2D eigenvalue weighted by Crippen LogP contribution is 2.34. The lowest BCUT2D eigenvalue weighted by atomic mass is 9.84. The second kappa shape index (κ2) is 15.6. The van der Waals surface area contributed by atoms with Gasteiger partial charge in [0.05, 0.1) is 19.0 Å². The predicted molar refractivity (Wildman–Crippen MR) is 164 cm³/mol. The van der Waals surface area contributed by atoms with Crippen LogP contribution in [-0.2, 0) is 11.3 Å². The van der Waals surface area contributed by atoms with Crippen LogP contribution in [0.1, 0.15) is 65.9 Å². The maximum Gasteiger partial charge on any atom is 0.573 e. The van der Waals surface area contributed by atoms with E-state index in [2.05, 4.69) is 32.5 Å². The summed E-state index contributed by atoms with van der Waals surface area (Å²) in [5.41, 5.74) is 3.61. The van der Waals surface area contributed by atoms with Gasteiger partial charge in [0.1, 0.15) is 12.3 Å². The van der Waals surface area contributed by atoms with Gasteiger partial charge in [-0.05, 0) is 78.4 Å². The Balaban J connectivity index is 1.60. The third-order valence-electron chi connectivity index (χ3n) is 7.36. The third-order valence-corrected chi connectivity index (χ3v) is 7.36. The van der Waals surface area contributed by atoms with E-state index in [-0.39, 0.29) is 31.8 Å². The van der Waals surface area contributed by atoms with Gasteiger partial charge >= 0.3 is 12.3 Å². The first-order valence-corrected chi connectivity index (χ1v) is 14.6. The molecule has 1 saturated carbocycles. The van der Waals surface area contributed by atoms with Crippen molar-refractivity contribution in [3.05, 3.63) is 89.5 Å². The number of ether oxygens (including phenoxy) is 1. The van der Waals surface area contributed by atoms with Crippen LogP contribution in [0.2, 0.25) is 0 Å². The highest BCUT2D eigenvalue weighted by molar-refractivity contribution is 6.05. The van der Waals surface area contributed by atoms with Crippen molar-refractivity contribution in [3.8, 4) is 11.8 Å². The third kappa shape index (κ3) is 10.3. The Morgan fingerprint density at radius 3 is 2.24 bits per heavy atom. The van der Waals surface area contributed by atoms with E-state index < -0.39 is 18.2 Å². The number of nitrogens with zero attached hydrogens (tertiary/aromatic N) is 3. The highest BCUT2D eigenvalue weighted by Gasteiger charge is 2.31. The van der Waals surface area contributed by atoms with Gasteiger partial charge in [-0.2, -0.15) is 5.26 Å². The van der Waals surface area contributed by atoms with Crippen molar-refractivity contribution in [2.45, 2.75) is 57.3 Å². The molecule has 236 valence electrons. The molecule has 0 unspecified atom stereocenters. The molecule has 45 heavy (non-hydrogen) atoms. The number of guanidine groups is 1. The van der Waals surface area contributed by atoms with E-state index in [4.69, 9.17) is 5.11 Å². The van der Waals surface area contributed by atoms with Gasteiger partial charge in [-0.25, -0.2) is 4.99 Å². The number of carbonyl (C=O) groups excluding carboxylic acids is 1. The first kappa shape index (κ1) is 32.9. The molecule has 0 bridgehead atoms. The first-order valence-electron chi connectivity index (χ1n) is 14.6. The molecule has 3 aromatic carbocycles. The number of carboxylic acids is 1. The van der Waals surface area contributed by atoms with E-state index in [0.717, 1.165) is 24.1 Å². The average Bonchev–Trinajstić information content (AvgIpc) is 3.03. The van der Waals surface area contributed by atoms with Gasteiger partial charge in [-0.3, -0.25) is 9.59 Å². The number of aliphatic imine (C=N–C) groups is 1. The fourth-order valence-electron chi connectivity index (χ4n) is 5.15. The van der Waals surface area contributed by atoms with Gasteiger partial charge in [0.2, 0.25) is 5.96 Å². The van der Waals surface area contributed by atoms with Crippen LogP contribution in [0, 0.1) is 11.3 Å².